The van der Waals surface area contributed by atoms with Crippen molar-refractivity contribution in [1.29, 1.82) is 0 Å². The highest BCUT2D eigenvalue weighted by Crippen LogP contribution is 2.15. The molecule has 1 aromatic carbocycles. The van der Waals surface area contributed by atoms with Gasteiger partial charge in [0.25, 0.3) is 0 Å². The molecule has 1 aromatic rings. The first-order valence-electron chi connectivity index (χ1n) is 5.32. The van der Waals surface area contributed by atoms with E-state index in [4.69, 9.17) is 21.1 Å². The van der Waals surface area contributed by atoms with Crippen LogP contribution in [0, 0.1) is 17.7 Å². The molecule has 0 spiro atoms. The number of hydrogen-bond acceptors (Lipinski definition) is 2. The van der Waals surface area contributed by atoms with Crippen molar-refractivity contribution in [2.24, 2.45) is 0 Å². The van der Waals surface area contributed by atoms with Crippen LogP contribution in [-0.2, 0) is 4.74 Å². The van der Waals surface area contributed by atoms with Crippen molar-refractivity contribution in [3.8, 4) is 17.6 Å². The second kappa shape index (κ2) is 7.94. The largest absolute Gasteiger partial charge is 0.491 e. The Labute approximate surface area is 106 Å². The molecule has 0 aliphatic carbocycles. The zero-order valence-electron chi connectivity index (χ0n) is 9.63. The third-order valence-electron chi connectivity index (χ3n) is 1.87. The van der Waals surface area contributed by atoms with Gasteiger partial charge in [-0.05, 0) is 19.1 Å². The highest BCUT2D eigenvalue weighted by Gasteiger charge is 2.00. The fourth-order valence-electron chi connectivity index (χ4n) is 1.22. The van der Waals surface area contributed by atoms with E-state index < -0.39 is 0 Å². The number of benzene rings is 1. The molecule has 92 valence electrons. The van der Waals surface area contributed by atoms with Crippen LogP contribution in [0.1, 0.15) is 12.5 Å². The molecule has 0 radical (unpaired) electrons. The lowest BCUT2D eigenvalue weighted by Gasteiger charge is -2.06. The third-order valence-corrected chi connectivity index (χ3v) is 2.00. The van der Waals surface area contributed by atoms with Gasteiger partial charge in [-0.2, -0.15) is 0 Å². The van der Waals surface area contributed by atoms with Crippen molar-refractivity contribution in [2.45, 2.75) is 6.92 Å². The molecule has 0 unspecified atom stereocenters. The Hall–Kier alpha value is -1.24. The van der Waals surface area contributed by atoms with Gasteiger partial charge in [-0.25, -0.2) is 4.39 Å². The number of ether oxygens (including phenoxy) is 2. The zero-order chi connectivity index (χ0) is 12.5. The first kappa shape index (κ1) is 13.8. The van der Waals surface area contributed by atoms with Crippen LogP contribution in [0.25, 0.3) is 0 Å². The Balaban J connectivity index is 2.62. The molecular formula is C13H14ClFO2. The summed E-state index contributed by atoms with van der Waals surface area (Å²) in [4.78, 5) is 0. The smallest absolute Gasteiger partial charge is 0.128 e. The normalized spacial score (nSPS) is 9.59. The Kier molecular flexibility index (Phi) is 6.46. The van der Waals surface area contributed by atoms with Crippen LogP contribution in [0.15, 0.2) is 18.2 Å². The van der Waals surface area contributed by atoms with Gasteiger partial charge >= 0.3 is 0 Å². The predicted octanol–water partition coefficient (Wildman–Crippen LogP) is 2.83. The second-order valence-corrected chi connectivity index (χ2v) is 3.42. The molecule has 0 bridgehead atoms. The highest BCUT2D eigenvalue weighted by atomic mass is 35.5. The number of hydrogen-bond donors (Lipinski definition) is 0. The molecule has 0 fully saturated rings. The van der Waals surface area contributed by atoms with Crippen molar-refractivity contribution in [3.05, 3.63) is 29.6 Å². The van der Waals surface area contributed by atoms with Crippen molar-refractivity contribution in [2.75, 3.05) is 25.7 Å². The summed E-state index contributed by atoms with van der Waals surface area (Å²) in [5.74, 6) is 5.70. The summed E-state index contributed by atoms with van der Waals surface area (Å²) in [6.45, 7) is 3.41. The van der Waals surface area contributed by atoms with E-state index in [1.54, 1.807) is 6.07 Å². The summed E-state index contributed by atoms with van der Waals surface area (Å²) in [7, 11) is 0. The molecule has 0 atom stereocenters. The van der Waals surface area contributed by atoms with E-state index in [1.807, 2.05) is 6.92 Å². The van der Waals surface area contributed by atoms with E-state index in [2.05, 4.69) is 11.8 Å². The Morgan fingerprint density at radius 3 is 2.82 bits per heavy atom. The Bertz CT molecular complexity index is 410. The fourth-order valence-corrected chi connectivity index (χ4v) is 1.28. The van der Waals surface area contributed by atoms with Crippen LogP contribution >= 0.6 is 11.6 Å². The first-order valence-corrected chi connectivity index (χ1v) is 5.85. The number of halogens is 2. The van der Waals surface area contributed by atoms with E-state index in [9.17, 15) is 4.39 Å². The van der Waals surface area contributed by atoms with Gasteiger partial charge in [0, 0.05) is 18.2 Å². The van der Waals surface area contributed by atoms with Crippen LogP contribution in [0.2, 0.25) is 0 Å². The molecule has 4 heteroatoms. The van der Waals surface area contributed by atoms with Crippen LogP contribution in [0.5, 0.6) is 5.75 Å². The molecule has 2 nitrogen and oxygen atoms in total. The lowest BCUT2D eigenvalue weighted by Crippen LogP contribution is -2.06. The molecule has 0 saturated carbocycles. The van der Waals surface area contributed by atoms with Gasteiger partial charge in [-0.15, -0.1) is 11.6 Å². The minimum Gasteiger partial charge on any atom is -0.491 e. The maximum atomic E-state index is 13.2. The fraction of sp³-hybridized carbons (Fsp3) is 0.385. The van der Waals surface area contributed by atoms with Gasteiger partial charge in [-0.1, -0.05) is 11.8 Å². The van der Waals surface area contributed by atoms with Crippen LogP contribution in [0.3, 0.4) is 0 Å². The molecule has 17 heavy (non-hydrogen) atoms. The Morgan fingerprint density at radius 2 is 2.12 bits per heavy atom. The average molecular weight is 257 g/mol. The van der Waals surface area contributed by atoms with Gasteiger partial charge < -0.3 is 9.47 Å². The Morgan fingerprint density at radius 1 is 1.29 bits per heavy atom. The molecular weight excluding hydrogens is 243 g/mol. The van der Waals surface area contributed by atoms with Crippen LogP contribution in [-0.4, -0.2) is 25.7 Å². The summed E-state index contributed by atoms with van der Waals surface area (Å²) < 4.78 is 23.7. The van der Waals surface area contributed by atoms with Crippen molar-refractivity contribution < 1.29 is 13.9 Å². The first-order chi connectivity index (χ1) is 8.26. The van der Waals surface area contributed by atoms with E-state index in [0.29, 0.717) is 31.1 Å². The minimum atomic E-state index is -0.377. The molecule has 0 aliphatic rings. The van der Waals surface area contributed by atoms with E-state index in [0.717, 1.165) is 0 Å². The molecule has 0 aromatic heterocycles. The summed E-state index contributed by atoms with van der Waals surface area (Å²) in [6.07, 6.45) is 0. The molecule has 0 heterocycles. The SMILES string of the molecule is CCOCCOc1cc(F)cc(C#CCCl)c1. The van der Waals surface area contributed by atoms with E-state index >= 15 is 0 Å². The van der Waals surface area contributed by atoms with E-state index in [-0.39, 0.29) is 11.7 Å². The quantitative estimate of drug-likeness (QED) is 0.458. The summed E-state index contributed by atoms with van der Waals surface area (Å²) >= 11 is 5.43. The third kappa shape index (κ3) is 5.58. The van der Waals surface area contributed by atoms with Gasteiger partial charge in [-0.3, -0.25) is 0 Å². The molecule has 1 rings (SSSR count). The predicted molar refractivity (Wildman–Crippen MR) is 66.0 cm³/mol. The summed E-state index contributed by atoms with van der Waals surface area (Å²) in [5, 5.41) is 0. The molecule has 0 amide bonds. The van der Waals surface area contributed by atoms with Crippen LogP contribution < -0.4 is 4.74 Å². The zero-order valence-corrected chi connectivity index (χ0v) is 10.4. The summed E-state index contributed by atoms with van der Waals surface area (Å²) in [6, 6.07) is 4.33. The lowest BCUT2D eigenvalue weighted by molar-refractivity contribution is 0.110. The van der Waals surface area contributed by atoms with Gasteiger partial charge in [0.15, 0.2) is 0 Å². The lowest BCUT2D eigenvalue weighted by atomic mass is 10.2. The number of rotatable bonds is 5. The summed E-state index contributed by atoms with van der Waals surface area (Å²) in [5.41, 5.74) is 0.553. The van der Waals surface area contributed by atoms with Crippen molar-refractivity contribution in [1.82, 2.24) is 0 Å². The average Bonchev–Trinajstić information content (AvgIpc) is 2.31. The maximum Gasteiger partial charge on any atom is 0.128 e. The monoisotopic (exact) mass is 256 g/mol. The standard InChI is InChI=1S/C13H14ClFO2/c1-2-16-6-7-17-13-9-11(4-3-5-14)8-12(15)10-13/h8-10H,2,5-7H2,1H3. The molecule has 0 aliphatic heterocycles. The maximum absolute atomic E-state index is 13.2. The highest BCUT2D eigenvalue weighted by molar-refractivity contribution is 6.19. The molecule has 0 N–H and O–H groups in total. The van der Waals surface area contributed by atoms with Gasteiger partial charge in [0.2, 0.25) is 0 Å². The minimum absolute atomic E-state index is 0.219. The second-order valence-electron chi connectivity index (χ2n) is 3.16. The van der Waals surface area contributed by atoms with Gasteiger partial charge in [0.1, 0.15) is 18.2 Å². The van der Waals surface area contributed by atoms with E-state index in [1.165, 1.54) is 12.1 Å². The van der Waals surface area contributed by atoms with Gasteiger partial charge in [0.05, 0.1) is 12.5 Å². The van der Waals surface area contributed by atoms with Crippen molar-refractivity contribution in [3.63, 3.8) is 0 Å². The topological polar surface area (TPSA) is 18.5 Å². The molecule has 0 saturated heterocycles. The number of alkyl halides is 1. The van der Waals surface area contributed by atoms with Crippen LogP contribution in [0.4, 0.5) is 4.39 Å². The van der Waals surface area contributed by atoms with Crippen molar-refractivity contribution >= 4 is 11.6 Å².